The molecule has 0 spiro atoms. The first-order valence-electron chi connectivity index (χ1n) is 2.60. The predicted octanol–water partition coefficient (Wildman–Crippen LogP) is 1.89. The van der Waals surface area contributed by atoms with Gasteiger partial charge in [-0.15, -0.1) is 0 Å². The highest BCUT2D eigenvalue weighted by Crippen LogP contribution is 2.01. The molecule has 0 aromatic carbocycles. The Morgan fingerprint density at radius 2 is 2.12 bits per heavy atom. The maximum absolute atomic E-state index is 2.31. The first-order valence-corrected chi connectivity index (χ1v) is 3.68. The molecule has 0 aliphatic heterocycles. The molecule has 0 saturated carbocycles. The molecule has 0 rings (SSSR count). The Morgan fingerprint density at radius 1 is 1.62 bits per heavy atom. The van der Waals surface area contributed by atoms with Gasteiger partial charge in [-0.1, -0.05) is 6.08 Å². The summed E-state index contributed by atoms with van der Waals surface area (Å²) < 4.78 is 1.36. The van der Waals surface area contributed by atoms with Gasteiger partial charge >= 0.3 is 0 Å². The quantitative estimate of drug-likeness (QED) is 0.648. The van der Waals surface area contributed by atoms with Gasteiger partial charge in [-0.25, -0.2) is 0 Å². The molecular formula is C6H12IN. The maximum atomic E-state index is 2.31. The Bertz CT molecular complexity index is 82.5. The van der Waals surface area contributed by atoms with E-state index in [2.05, 4.69) is 54.6 Å². The van der Waals surface area contributed by atoms with E-state index in [1.807, 2.05) is 0 Å². The number of nitrogens with zero attached hydrogens (tertiary/aromatic N) is 1. The SMILES string of the molecule is C/C(I)=C\CN(C)C. The Morgan fingerprint density at radius 3 is 2.25 bits per heavy atom. The smallest absolute Gasteiger partial charge is 0.0167 e. The van der Waals surface area contributed by atoms with Gasteiger partial charge in [0, 0.05) is 6.54 Å². The largest absolute Gasteiger partial charge is 0.306 e. The first kappa shape index (κ1) is 8.43. The average molecular weight is 225 g/mol. The van der Waals surface area contributed by atoms with E-state index >= 15 is 0 Å². The van der Waals surface area contributed by atoms with Crippen molar-refractivity contribution in [3.05, 3.63) is 9.66 Å². The summed E-state index contributed by atoms with van der Waals surface area (Å²) >= 11 is 2.31. The van der Waals surface area contributed by atoms with Crippen LogP contribution in [0.15, 0.2) is 9.66 Å². The van der Waals surface area contributed by atoms with Crippen molar-refractivity contribution in [1.82, 2.24) is 4.90 Å². The van der Waals surface area contributed by atoms with Gasteiger partial charge in [0.2, 0.25) is 0 Å². The fourth-order valence-electron chi connectivity index (χ4n) is 0.308. The van der Waals surface area contributed by atoms with E-state index in [0.717, 1.165) is 6.54 Å². The minimum atomic E-state index is 1.05. The number of likely N-dealkylation sites (N-methyl/N-ethyl adjacent to an activating group) is 1. The van der Waals surface area contributed by atoms with Crippen LogP contribution in [0, 0.1) is 0 Å². The van der Waals surface area contributed by atoms with Crippen molar-refractivity contribution in [2.45, 2.75) is 6.92 Å². The second-order valence-electron chi connectivity index (χ2n) is 2.05. The molecule has 0 amide bonds. The second kappa shape index (κ2) is 4.32. The van der Waals surface area contributed by atoms with E-state index in [9.17, 15) is 0 Å². The fourth-order valence-corrected chi connectivity index (χ4v) is 0.505. The van der Waals surface area contributed by atoms with Gasteiger partial charge in [-0.3, -0.25) is 0 Å². The monoisotopic (exact) mass is 225 g/mol. The molecule has 0 bridgehead atoms. The normalized spacial score (nSPS) is 12.9. The van der Waals surface area contributed by atoms with Crippen LogP contribution in [0.1, 0.15) is 6.92 Å². The number of halogens is 1. The highest BCUT2D eigenvalue weighted by atomic mass is 127. The predicted molar refractivity (Wildman–Crippen MR) is 46.3 cm³/mol. The summed E-state index contributed by atoms with van der Waals surface area (Å²) in [6.45, 7) is 3.15. The Balaban J connectivity index is 3.29. The van der Waals surface area contributed by atoms with Crippen LogP contribution in [0.25, 0.3) is 0 Å². The van der Waals surface area contributed by atoms with E-state index < -0.39 is 0 Å². The third-order valence-electron chi connectivity index (χ3n) is 0.738. The van der Waals surface area contributed by atoms with E-state index in [4.69, 9.17) is 0 Å². The molecule has 0 aliphatic carbocycles. The zero-order chi connectivity index (χ0) is 6.57. The molecule has 0 saturated heterocycles. The first-order chi connectivity index (χ1) is 3.63. The van der Waals surface area contributed by atoms with Crippen molar-refractivity contribution in [3.63, 3.8) is 0 Å². The number of hydrogen-bond donors (Lipinski definition) is 0. The molecule has 0 aliphatic rings. The minimum Gasteiger partial charge on any atom is -0.306 e. The Hall–Kier alpha value is 0.430. The lowest BCUT2D eigenvalue weighted by Crippen LogP contribution is -2.10. The van der Waals surface area contributed by atoms with Crippen molar-refractivity contribution in [1.29, 1.82) is 0 Å². The highest BCUT2D eigenvalue weighted by Gasteiger charge is 1.82. The zero-order valence-electron chi connectivity index (χ0n) is 5.61. The molecular weight excluding hydrogens is 213 g/mol. The Kier molecular flexibility index (Phi) is 4.56. The molecule has 1 nitrogen and oxygen atoms in total. The zero-order valence-corrected chi connectivity index (χ0v) is 7.77. The molecule has 0 atom stereocenters. The van der Waals surface area contributed by atoms with Gasteiger partial charge in [0.05, 0.1) is 0 Å². The van der Waals surface area contributed by atoms with Crippen LogP contribution in [0.4, 0.5) is 0 Å². The molecule has 0 heterocycles. The standard InChI is InChI=1S/C6H12IN/c1-6(7)4-5-8(2)3/h4H,5H2,1-3H3/b6-4+. The van der Waals surface area contributed by atoms with Crippen molar-refractivity contribution < 1.29 is 0 Å². The van der Waals surface area contributed by atoms with Crippen molar-refractivity contribution in [2.24, 2.45) is 0 Å². The third-order valence-corrected chi connectivity index (χ3v) is 1.18. The van der Waals surface area contributed by atoms with E-state index in [-0.39, 0.29) is 0 Å². The van der Waals surface area contributed by atoms with E-state index in [1.54, 1.807) is 0 Å². The lowest BCUT2D eigenvalue weighted by atomic mass is 10.5. The van der Waals surface area contributed by atoms with E-state index in [1.165, 1.54) is 3.58 Å². The molecule has 0 unspecified atom stereocenters. The van der Waals surface area contributed by atoms with Gasteiger partial charge in [0.25, 0.3) is 0 Å². The van der Waals surface area contributed by atoms with Crippen molar-refractivity contribution in [2.75, 3.05) is 20.6 Å². The summed E-state index contributed by atoms with van der Waals surface area (Å²) in [6.07, 6.45) is 2.19. The lowest BCUT2D eigenvalue weighted by Gasteiger charge is -2.03. The number of rotatable bonds is 2. The fraction of sp³-hybridized carbons (Fsp3) is 0.667. The number of allylic oxidation sites excluding steroid dienone is 1. The molecule has 8 heavy (non-hydrogen) atoms. The van der Waals surface area contributed by atoms with Crippen LogP contribution in [0.5, 0.6) is 0 Å². The van der Waals surface area contributed by atoms with Crippen LogP contribution in [0.3, 0.4) is 0 Å². The maximum Gasteiger partial charge on any atom is 0.0167 e. The van der Waals surface area contributed by atoms with Gasteiger partial charge in [0.15, 0.2) is 0 Å². The van der Waals surface area contributed by atoms with E-state index in [0.29, 0.717) is 0 Å². The van der Waals surface area contributed by atoms with Gasteiger partial charge in [0.1, 0.15) is 0 Å². The molecule has 0 radical (unpaired) electrons. The third kappa shape index (κ3) is 6.43. The molecule has 0 fully saturated rings. The van der Waals surface area contributed by atoms with Gasteiger partial charge < -0.3 is 4.90 Å². The second-order valence-corrected chi connectivity index (χ2v) is 3.75. The summed E-state index contributed by atoms with van der Waals surface area (Å²) in [6, 6.07) is 0. The van der Waals surface area contributed by atoms with Gasteiger partial charge in [-0.05, 0) is 47.2 Å². The van der Waals surface area contributed by atoms with Crippen LogP contribution in [-0.4, -0.2) is 25.5 Å². The highest BCUT2D eigenvalue weighted by molar-refractivity contribution is 14.1. The van der Waals surface area contributed by atoms with Crippen LogP contribution < -0.4 is 0 Å². The summed E-state index contributed by atoms with van der Waals surface area (Å²) in [7, 11) is 4.13. The molecule has 0 aromatic heterocycles. The summed E-state index contributed by atoms with van der Waals surface area (Å²) in [5.41, 5.74) is 0. The summed E-state index contributed by atoms with van der Waals surface area (Å²) in [4.78, 5) is 2.14. The van der Waals surface area contributed by atoms with Crippen molar-refractivity contribution in [3.8, 4) is 0 Å². The van der Waals surface area contributed by atoms with Crippen LogP contribution in [0.2, 0.25) is 0 Å². The lowest BCUT2D eigenvalue weighted by molar-refractivity contribution is 0.456. The van der Waals surface area contributed by atoms with Gasteiger partial charge in [-0.2, -0.15) is 0 Å². The molecule has 0 aromatic rings. The molecule has 0 N–H and O–H groups in total. The Labute approximate surface area is 64.9 Å². The molecule has 2 heteroatoms. The minimum absolute atomic E-state index is 1.05. The van der Waals surface area contributed by atoms with Crippen LogP contribution in [-0.2, 0) is 0 Å². The average Bonchev–Trinajstić information content (AvgIpc) is 1.61. The number of hydrogen-bond acceptors (Lipinski definition) is 1. The summed E-state index contributed by atoms with van der Waals surface area (Å²) in [5, 5.41) is 0. The summed E-state index contributed by atoms with van der Waals surface area (Å²) in [5.74, 6) is 0. The molecule has 48 valence electrons. The topological polar surface area (TPSA) is 3.24 Å². The van der Waals surface area contributed by atoms with Crippen LogP contribution >= 0.6 is 22.6 Å². The van der Waals surface area contributed by atoms with Crippen molar-refractivity contribution >= 4 is 22.6 Å².